The van der Waals surface area contributed by atoms with Crippen LogP contribution in [-0.2, 0) is 4.43 Å². The highest BCUT2D eigenvalue weighted by molar-refractivity contribution is 9.09. The first kappa shape index (κ1) is 15.4. The third-order valence-electron chi connectivity index (χ3n) is 3.02. The molecule has 90 valence electrons. The molecule has 0 aliphatic heterocycles. The van der Waals surface area contributed by atoms with Crippen LogP contribution in [0.1, 0.15) is 34.6 Å². The number of allylic oxidation sites excluding steroid dienone is 1. The highest BCUT2D eigenvalue weighted by Gasteiger charge is 2.34. The standard InChI is InChI=1S/C12H25BrOSi/c1-6-15(7-2,8-3)14-12(4,5)10-9-11-13/h9-10H,6-8,11H2,1-5H3/b10-9-. The molecule has 0 fully saturated rings. The van der Waals surface area contributed by atoms with Crippen LogP contribution in [0, 0.1) is 0 Å². The Bertz CT molecular complexity index is 190. The lowest BCUT2D eigenvalue weighted by molar-refractivity contribution is 0.146. The van der Waals surface area contributed by atoms with Crippen molar-refractivity contribution in [1.29, 1.82) is 0 Å². The topological polar surface area (TPSA) is 9.23 Å². The lowest BCUT2D eigenvalue weighted by atomic mass is 10.1. The minimum atomic E-state index is -1.47. The summed E-state index contributed by atoms with van der Waals surface area (Å²) in [6.07, 6.45) is 4.30. The average molecular weight is 293 g/mol. The van der Waals surface area contributed by atoms with Gasteiger partial charge in [0.2, 0.25) is 0 Å². The highest BCUT2D eigenvalue weighted by Crippen LogP contribution is 2.28. The van der Waals surface area contributed by atoms with Crippen molar-refractivity contribution in [3.63, 3.8) is 0 Å². The molecule has 0 saturated heterocycles. The fourth-order valence-electron chi connectivity index (χ4n) is 1.89. The number of rotatable bonds is 7. The van der Waals surface area contributed by atoms with E-state index in [1.165, 1.54) is 18.1 Å². The van der Waals surface area contributed by atoms with Gasteiger partial charge in [-0.1, -0.05) is 48.9 Å². The molecule has 0 N–H and O–H groups in total. The molecule has 0 saturated carbocycles. The van der Waals surface area contributed by atoms with Crippen molar-refractivity contribution < 1.29 is 4.43 Å². The molecule has 0 amide bonds. The molecular weight excluding hydrogens is 268 g/mol. The Hall–Kier alpha value is 0.397. The van der Waals surface area contributed by atoms with Crippen LogP contribution >= 0.6 is 15.9 Å². The van der Waals surface area contributed by atoms with Crippen molar-refractivity contribution in [2.24, 2.45) is 0 Å². The van der Waals surface area contributed by atoms with E-state index in [0.29, 0.717) is 0 Å². The smallest absolute Gasteiger partial charge is 0.193 e. The second-order valence-corrected chi connectivity index (χ2v) is 9.84. The Morgan fingerprint density at radius 3 is 1.93 bits per heavy atom. The van der Waals surface area contributed by atoms with Crippen molar-refractivity contribution in [3.05, 3.63) is 12.2 Å². The molecule has 0 aliphatic rings. The fraction of sp³-hybridized carbons (Fsp3) is 0.833. The Morgan fingerprint density at radius 2 is 1.60 bits per heavy atom. The first-order valence-corrected chi connectivity index (χ1v) is 9.54. The molecule has 0 aliphatic carbocycles. The predicted molar refractivity (Wildman–Crippen MR) is 75.3 cm³/mol. The second-order valence-electron chi connectivity index (χ2n) is 4.51. The van der Waals surface area contributed by atoms with E-state index in [4.69, 9.17) is 4.43 Å². The van der Waals surface area contributed by atoms with E-state index < -0.39 is 8.32 Å². The van der Waals surface area contributed by atoms with Gasteiger partial charge in [0.05, 0.1) is 5.60 Å². The monoisotopic (exact) mass is 292 g/mol. The van der Waals surface area contributed by atoms with Gasteiger partial charge in [0.1, 0.15) is 0 Å². The molecule has 0 spiro atoms. The van der Waals surface area contributed by atoms with Gasteiger partial charge >= 0.3 is 0 Å². The molecule has 1 nitrogen and oxygen atoms in total. The number of halogens is 1. The summed E-state index contributed by atoms with van der Waals surface area (Å²) in [6, 6.07) is 3.64. The molecular formula is C12H25BrOSi. The third kappa shape index (κ3) is 5.32. The van der Waals surface area contributed by atoms with Crippen molar-refractivity contribution in [2.75, 3.05) is 5.33 Å². The molecule has 0 bridgehead atoms. The Balaban J connectivity index is 4.57. The summed E-state index contributed by atoms with van der Waals surface area (Å²) in [4.78, 5) is 0. The Kier molecular flexibility index (Phi) is 7.05. The Morgan fingerprint density at radius 1 is 1.13 bits per heavy atom. The van der Waals surface area contributed by atoms with E-state index in [1.807, 2.05) is 0 Å². The van der Waals surface area contributed by atoms with Gasteiger partial charge < -0.3 is 4.43 Å². The van der Waals surface area contributed by atoms with Crippen LogP contribution in [-0.4, -0.2) is 19.2 Å². The quantitative estimate of drug-likeness (QED) is 0.374. The molecule has 3 heteroatoms. The van der Waals surface area contributed by atoms with E-state index in [-0.39, 0.29) is 5.60 Å². The van der Waals surface area contributed by atoms with Crippen LogP contribution in [0.25, 0.3) is 0 Å². The van der Waals surface area contributed by atoms with Crippen molar-refractivity contribution in [3.8, 4) is 0 Å². The minimum absolute atomic E-state index is 0.109. The maximum atomic E-state index is 6.41. The summed E-state index contributed by atoms with van der Waals surface area (Å²) in [5.74, 6) is 0. The maximum Gasteiger partial charge on any atom is 0.193 e. The maximum absolute atomic E-state index is 6.41. The number of hydrogen-bond acceptors (Lipinski definition) is 1. The van der Waals surface area contributed by atoms with Crippen LogP contribution in [0.15, 0.2) is 12.2 Å². The molecule has 0 atom stereocenters. The van der Waals surface area contributed by atoms with E-state index in [2.05, 4.69) is 62.7 Å². The van der Waals surface area contributed by atoms with Crippen LogP contribution in [0.5, 0.6) is 0 Å². The SMILES string of the molecule is CC[Si](CC)(CC)OC(C)(C)/C=C\CBr. The van der Waals surface area contributed by atoms with Gasteiger partial charge in [0.25, 0.3) is 0 Å². The van der Waals surface area contributed by atoms with Gasteiger partial charge in [0, 0.05) is 5.33 Å². The first-order chi connectivity index (χ1) is 6.95. The molecule has 0 aromatic carbocycles. The molecule has 0 rings (SSSR count). The molecule has 0 aromatic rings. The zero-order valence-corrected chi connectivity index (χ0v) is 13.4. The average Bonchev–Trinajstić information content (AvgIpc) is 2.23. The van der Waals surface area contributed by atoms with Gasteiger partial charge in [0.15, 0.2) is 8.32 Å². The van der Waals surface area contributed by atoms with Crippen LogP contribution in [0.2, 0.25) is 18.1 Å². The number of hydrogen-bond donors (Lipinski definition) is 0. The van der Waals surface area contributed by atoms with Crippen LogP contribution in [0.4, 0.5) is 0 Å². The molecule has 0 unspecified atom stereocenters. The van der Waals surface area contributed by atoms with Gasteiger partial charge in [-0.3, -0.25) is 0 Å². The summed E-state index contributed by atoms with van der Waals surface area (Å²) >= 11 is 3.40. The van der Waals surface area contributed by atoms with Crippen LogP contribution < -0.4 is 0 Å². The van der Waals surface area contributed by atoms with E-state index >= 15 is 0 Å². The largest absolute Gasteiger partial charge is 0.409 e. The minimum Gasteiger partial charge on any atom is -0.409 e. The van der Waals surface area contributed by atoms with Gasteiger partial charge in [-0.15, -0.1) is 0 Å². The van der Waals surface area contributed by atoms with Crippen molar-refractivity contribution in [2.45, 2.75) is 58.4 Å². The Labute approximate surface area is 105 Å². The lowest BCUT2D eigenvalue weighted by Crippen LogP contribution is -2.43. The first-order valence-electron chi connectivity index (χ1n) is 5.89. The second kappa shape index (κ2) is 6.87. The van der Waals surface area contributed by atoms with Crippen molar-refractivity contribution in [1.82, 2.24) is 0 Å². The number of alkyl halides is 1. The van der Waals surface area contributed by atoms with Gasteiger partial charge in [-0.2, -0.15) is 0 Å². The lowest BCUT2D eigenvalue weighted by Gasteiger charge is -2.36. The van der Waals surface area contributed by atoms with Gasteiger partial charge in [-0.25, -0.2) is 0 Å². The predicted octanol–water partition coefficient (Wildman–Crippen LogP) is 4.74. The normalized spacial score (nSPS) is 13.7. The van der Waals surface area contributed by atoms with E-state index in [9.17, 15) is 0 Å². The summed E-state index contributed by atoms with van der Waals surface area (Å²) in [6.45, 7) is 11.1. The fourth-order valence-corrected chi connectivity index (χ4v) is 5.19. The van der Waals surface area contributed by atoms with Crippen molar-refractivity contribution >= 4 is 24.2 Å². The van der Waals surface area contributed by atoms with E-state index in [0.717, 1.165) is 5.33 Å². The summed E-state index contributed by atoms with van der Waals surface area (Å²) in [5.41, 5.74) is -0.109. The van der Waals surface area contributed by atoms with Gasteiger partial charge in [-0.05, 0) is 32.0 Å². The van der Waals surface area contributed by atoms with E-state index in [1.54, 1.807) is 0 Å². The summed E-state index contributed by atoms with van der Waals surface area (Å²) in [7, 11) is -1.47. The summed E-state index contributed by atoms with van der Waals surface area (Å²) in [5, 5.41) is 0.902. The third-order valence-corrected chi connectivity index (χ3v) is 8.22. The van der Waals surface area contributed by atoms with Crippen LogP contribution in [0.3, 0.4) is 0 Å². The molecule has 0 radical (unpaired) electrons. The molecule has 0 aromatic heterocycles. The zero-order valence-electron chi connectivity index (χ0n) is 10.8. The zero-order chi connectivity index (χ0) is 11.9. The molecule has 15 heavy (non-hydrogen) atoms. The highest BCUT2D eigenvalue weighted by atomic mass is 79.9. The summed E-state index contributed by atoms with van der Waals surface area (Å²) < 4.78 is 6.41. The molecule has 0 heterocycles.